The Bertz CT molecular complexity index is 182. The summed E-state index contributed by atoms with van der Waals surface area (Å²) in [5.41, 5.74) is 0.659. The second-order valence-electron chi connectivity index (χ2n) is 4.12. The molecule has 0 atom stereocenters. The average molecular weight is 185 g/mol. The Kier molecular flexibility index (Phi) is 3.90. The highest BCUT2D eigenvalue weighted by molar-refractivity contribution is 5.06. The number of nitrogens with one attached hydrogen (secondary N) is 1. The first-order valence-corrected chi connectivity index (χ1v) is 4.77. The summed E-state index contributed by atoms with van der Waals surface area (Å²) in [6, 6.07) is 0. The molecule has 1 heterocycles. The van der Waals surface area contributed by atoms with E-state index in [-0.39, 0.29) is 0 Å². The predicted molar refractivity (Wildman–Crippen MR) is 52.7 cm³/mol. The second kappa shape index (κ2) is 4.74. The Morgan fingerprint density at radius 1 is 1.62 bits per heavy atom. The minimum atomic E-state index is -0.629. The van der Waals surface area contributed by atoms with Crippen molar-refractivity contribution in [3.05, 3.63) is 11.6 Å². The van der Waals surface area contributed by atoms with Crippen LogP contribution < -0.4 is 5.32 Å². The highest BCUT2D eigenvalue weighted by atomic mass is 16.5. The number of rotatable bonds is 4. The van der Waals surface area contributed by atoms with E-state index in [4.69, 9.17) is 4.74 Å². The third-order valence-electron chi connectivity index (χ3n) is 1.89. The molecule has 3 heteroatoms. The Labute approximate surface area is 79.8 Å². The highest BCUT2D eigenvalue weighted by Crippen LogP contribution is 2.04. The predicted octanol–water partition coefficient (Wildman–Crippen LogP) is 0.694. The lowest BCUT2D eigenvalue weighted by atomic mass is 10.1. The molecule has 0 bridgehead atoms. The van der Waals surface area contributed by atoms with Gasteiger partial charge in [-0.15, -0.1) is 0 Å². The molecular formula is C10H19NO2. The smallest absolute Gasteiger partial charge is 0.0715 e. The quantitative estimate of drug-likeness (QED) is 0.633. The van der Waals surface area contributed by atoms with Gasteiger partial charge in [-0.1, -0.05) is 6.08 Å². The second-order valence-corrected chi connectivity index (χ2v) is 4.12. The molecule has 0 amide bonds. The molecule has 1 rings (SSSR count). The fraction of sp³-hybridized carbons (Fsp3) is 0.800. The molecule has 1 aliphatic rings. The van der Waals surface area contributed by atoms with Gasteiger partial charge in [0.25, 0.3) is 0 Å². The molecule has 0 aromatic carbocycles. The summed E-state index contributed by atoms with van der Waals surface area (Å²) < 4.78 is 5.29. The van der Waals surface area contributed by atoms with Gasteiger partial charge in [0.2, 0.25) is 0 Å². The van der Waals surface area contributed by atoms with Gasteiger partial charge in [0.05, 0.1) is 18.8 Å². The maximum Gasteiger partial charge on any atom is 0.0715 e. The van der Waals surface area contributed by atoms with E-state index in [0.717, 1.165) is 26.2 Å². The molecule has 0 aliphatic carbocycles. The highest BCUT2D eigenvalue weighted by Gasteiger charge is 2.11. The van der Waals surface area contributed by atoms with Gasteiger partial charge in [-0.05, 0) is 25.8 Å². The van der Waals surface area contributed by atoms with E-state index < -0.39 is 5.60 Å². The van der Waals surface area contributed by atoms with Crippen molar-refractivity contribution < 1.29 is 9.84 Å². The fourth-order valence-electron chi connectivity index (χ4n) is 1.26. The summed E-state index contributed by atoms with van der Waals surface area (Å²) in [4.78, 5) is 0. The first-order chi connectivity index (χ1) is 6.08. The van der Waals surface area contributed by atoms with Gasteiger partial charge >= 0.3 is 0 Å². The molecule has 1 aliphatic heterocycles. The van der Waals surface area contributed by atoms with Crippen LogP contribution in [-0.2, 0) is 4.74 Å². The summed E-state index contributed by atoms with van der Waals surface area (Å²) in [6.07, 6.45) is 3.22. The van der Waals surface area contributed by atoms with Crippen LogP contribution in [0.25, 0.3) is 0 Å². The van der Waals surface area contributed by atoms with Gasteiger partial charge in [0, 0.05) is 13.1 Å². The van der Waals surface area contributed by atoms with Crippen molar-refractivity contribution in [1.82, 2.24) is 5.32 Å². The average Bonchev–Trinajstić information content (AvgIpc) is 2.04. The normalized spacial score (nSPS) is 18.5. The van der Waals surface area contributed by atoms with Gasteiger partial charge in [0.1, 0.15) is 0 Å². The van der Waals surface area contributed by atoms with Crippen LogP contribution >= 0.6 is 0 Å². The molecule has 0 aromatic rings. The van der Waals surface area contributed by atoms with E-state index in [0.29, 0.717) is 6.54 Å². The molecule has 0 radical (unpaired) electrons. The summed E-state index contributed by atoms with van der Waals surface area (Å²) in [7, 11) is 0. The van der Waals surface area contributed by atoms with Crippen molar-refractivity contribution in [3.63, 3.8) is 0 Å². The van der Waals surface area contributed by atoms with E-state index in [1.165, 1.54) is 5.57 Å². The number of ether oxygens (including phenoxy) is 1. The van der Waals surface area contributed by atoms with E-state index in [1.54, 1.807) is 13.8 Å². The van der Waals surface area contributed by atoms with E-state index in [1.807, 2.05) is 0 Å². The SMILES string of the molecule is CC(C)(O)CNCC1=CCCOC1. The zero-order valence-corrected chi connectivity index (χ0v) is 8.47. The van der Waals surface area contributed by atoms with Crippen molar-refractivity contribution in [1.29, 1.82) is 0 Å². The Morgan fingerprint density at radius 3 is 2.92 bits per heavy atom. The lowest BCUT2D eigenvalue weighted by molar-refractivity contribution is 0.0799. The van der Waals surface area contributed by atoms with Crippen LogP contribution in [-0.4, -0.2) is 37.0 Å². The van der Waals surface area contributed by atoms with Crippen LogP contribution in [0.5, 0.6) is 0 Å². The summed E-state index contributed by atoms with van der Waals surface area (Å²) >= 11 is 0. The third-order valence-corrected chi connectivity index (χ3v) is 1.89. The minimum Gasteiger partial charge on any atom is -0.389 e. The van der Waals surface area contributed by atoms with Crippen molar-refractivity contribution >= 4 is 0 Å². The van der Waals surface area contributed by atoms with E-state index in [9.17, 15) is 5.11 Å². The van der Waals surface area contributed by atoms with Crippen LogP contribution in [0.4, 0.5) is 0 Å². The first-order valence-electron chi connectivity index (χ1n) is 4.77. The van der Waals surface area contributed by atoms with Crippen molar-refractivity contribution in [2.24, 2.45) is 0 Å². The topological polar surface area (TPSA) is 41.5 Å². The third kappa shape index (κ3) is 5.03. The van der Waals surface area contributed by atoms with Crippen LogP contribution in [0.1, 0.15) is 20.3 Å². The number of hydrogen-bond donors (Lipinski definition) is 2. The molecule has 76 valence electrons. The van der Waals surface area contributed by atoms with Gasteiger partial charge in [-0.2, -0.15) is 0 Å². The molecule has 3 nitrogen and oxygen atoms in total. The van der Waals surface area contributed by atoms with Gasteiger partial charge in [0.15, 0.2) is 0 Å². The molecular weight excluding hydrogens is 166 g/mol. The molecule has 13 heavy (non-hydrogen) atoms. The molecule has 0 saturated heterocycles. The Hall–Kier alpha value is -0.380. The summed E-state index contributed by atoms with van der Waals surface area (Å²) in [5, 5.41) is 12.6. The maximum absolute atomic E-state index is 9.43. The van der Waals surface area contributed by atoms with Gasteiger partial charge in [-0.25, -0.2) is 0 Å². The van der Waals surface area contributed by atoms with Crippen LogP contribution in [0.2, 0.25) is 0 Å². The molecule has 0 unspecified atom stereocenters. The Morgan fingerprint density at radius 2 is 2.38 bits per heavy atom. The number of aliphatic hydroxyl groups is 1. The molecule has 2 N–H and O–H groups in total. The monoisotopic (exact) mass is 185 g/mol. The Balaban J connectivity index is 2.15. The van der Waals surface area contributed by atoms with Crippen LogP contribution in [0, 0.1) is 0 Å². The van der Waals surface area contributed by atoms with Crippen LogP contribution in [0.3, 0.4) is 0 Å². The zero-order chi connectivity index (χ0) is 9.73. The van der Waals surface area contributed by atoms with Crippen molar-refractivity contribution in [3.8, 4) is 0 Å². The molecule has 0 fully saturated rings. The lowest BCUT2D eigenvalue weighted by Crippen LogP contribution is -2.36. The molecule has 0 saturated carbocycles. The first kappa shape index (κ1) is 10.7. The van der Waals surface area contributed by atoms with Crippen molar-refractivity contribution in [2.45, 2.75) is 25.9 Å². The van der Waals surface area contributed by atoms with Crippen molar-refractivity contribution in [2.75, 3.05) is 26.3 Å². The van der Waals surface area contributed by atoms with Crippen LogP contribution in [0.15, 0.2) is 11.6 Å². The van der Waals surface area contributed by atoms with E-state index >= 15 is 0 Å². The number of hydrogen-bond acceptors (Lipinski definition) is 3. The van der Waals surface area contributed by atoms with E-state index in [2.05, 4.69) is 11.4 Å². The molecule has 0 aromatic heterocycles. The summed E-state index contributed by atoms with van der Waals surface area (Å²) in [6.45, 7) is 6.61. The fourth-order valence-corrected chi connectivity index (χ4v) is 1.26. The molecule has 0 spiro atoms. The lowest BCUT2D eigenvalue weighted by Gasteiger charge is -2.19. The largest absolute Gasteiger partial charge is 0.389 e. The standard InChI is InChI=1S/C10H19NO2/c1-10(2,12)8-11-6-9-4-3-5-13-7-9/h4,11-12H,3,5-8H2,1-2H3. The maximum atomic E-state index is 9.43. The summed E-state index contributed by atoms with van der Waals surface area (Å²) in [5.74, 6) is 0. The minimum absolute atomic E-state index is 0.615. The van der Waals surface area contributed by atoms with Gasteiger partial charge in [-0.3, -0.25) is 0 Å². The zero-order valence-electron chi connectivity index (χ0n) is 8.47. The van der Waals surface area contributed by atoms with Gasteiger partial charge < -0.3 is 15.2 Å².